The van der Waals surface area contributed by atoms with Crippen LogP contribution in [0.15, 0.2) is 23.6 Å². The summed E-state index contributed by atoms with van der Waals surface area (Å²) in [6.45, 7) is 0.519. The van der Waals surface area contributed by atoms with Gasteiger partial charge < -0.3 is 9.67 Å². The molecule has 1 aliphatic rings. The minimum Gasteiger partial charge on any atom is -0.481 e. The zero-order valence-corrected chi connectivity index (χ0v) is 11.4. The van der Waals surface area contributed by atoms with E-state index in [1.165, 1.54) is 11.3 Å². The number of aromatic nitrogens is 1. The van der Waals surface area contributed by atoms with Crippen molar-refractivity contribution in [3.05, 3.63) is 44.9 Å². The van der Waals surface area contributed by atoms with Gasteiger partial charge in [-0.15, -0.1) is 11.3 Å². The normalized spacial score (nSPS) is 17.4. The van der Waals surface area contributed by atoms with E-state index in [0.29, 0.717) is 34.3 Å². The van der Waals surface area contributed by atoms with Crippen LogP contribution in [0.3, 0.4) is 0 Å². The van der Waals surface area contributed by atoms with Crippen molar-refractivity contribution in [2.75, 3.05) is 0 Å². The fourth-order valence-electron chi connectivity index (χ4n) is 2.48. The van der Waals surface area contributed by atoms with Gasteiger partial charge in [0.25, 0.3) is 0 Å². The monoisotopic (exact) mass is 295 g/mol. The lowest BCUT2D eigenvalue weighted by Gasteiger charge is -2.04. The number of hydrogen-bond acceptors (Lipinski definition) is 3. The van der Waals surface area contributed by atoms with Crippen molar-refractivity contribution in [1.82, 2.24) is 4.57 Å². The summed E-state index contributed by atoms with van der Waals surface area (Å²) < 4.78 is 1.74. The molecule has 0 amide bonds. The van der Waals surface area contributed by atoms with Crippen LogP contribution in [0.2, 0.25) is 5.02 Å². The van der Waals surface area contributed by atoms with E-state index >= 15 is 0 Å². The summed E-state index contributed by atoms with van der Waals surface area (Å²) in [5.41, 5.74) is 1.03. The lowest BCUT2D eigenvalue weighted by atomic mass is 10.1. The Morgan fingerprint density at radius 1 is 1.47 bits per heavy atom. The highest BCUT2D eigenvalue weighted by atomic mass is 35.5. The quantitative estimate of drug-likeness (QED) is 0.886. The van der Waals surface area contributed by atoms with Crippen molar-refractivity contribution in [3.8, 4) is 0 Å². The zero-order valence-electron chi connectivity index (χ0n) is 9.80. The number of carbonyl (C=O) groups is 2. The lowest BCUT2D eigenvalue weighted by Crippen LogP contribution is -2.09. The molecule has 3 heterocycles. The number of hydrogen-bond donors (Lipinski definition) is 1. The summed E-state index contributed by atoms with van der Waals surface area (Å²) in [5, 5.41) is 11.3. The molecular formula is C13H10ClNO3S. The molecule has 1 N–H and O–H groups in total. The molecule has 2 aromatic rings. The molecular weight excluding hydrogens is 286 g/mol. The molecule has 0 bridgehead atoms. The van der Waals surface area contributed by atoms with E-state index in [9.17, 15) is 9.59 Å². The van der Waals surface area contributed by atoms with Gasteiger partial charge >= 0.3 is 5.97 Å². The number of carboxylic acids is 1. The van der Waals surface area contributed by atoms with Gasteiger partial charge in [-0.25, -0.2) is 0 Å². The number of halogens is 1. The molecule has 1 unspecified atom stereocenters. The number of fused-ring (bicyclic) bond motifs is 1. The van der Waals surface area contributed by atoms with Crippen molar-refractivity contribution in [2.45, 2.75) is 18.9 Å². The summed E-state index contributed by atoms with van der Waals surface area (Å²) >= 11 is 7.47. The number of rotatable bonds is 3. The van der Waals surface area contributed by atoms with Crippen molar-refractivity contribution in [2.24, 2.45) is 0 Å². The van der Waals surface area contributed by atoms with E-state index in [1.54, 1.807) is 22.8 Å². The third-order valence-corrected chi connectivity index (χ3v) is 4.50. The molecule has 2 aromatic heterocycles. The predicted molar refractivity (Wildman–Crippen MR) is 72.2 cm³/mol. The second kappa shape index (κ2) is 4.51. The van der Waals surface area contributed by atoms with E-state index in [-0.39, 0.29) is 5.78 Å². The molecule has 98 valence electrons. The van der Waals surface area contributed by atoms with E-state index in [0.717, 1.165) is 0 Å². The standard InChI is InChI=1S/C13H10ClNO3S/c14-8-6-9-7(13(17)18)3-4-15(9)11(8)12(16)10-2-1-5-19-10/h1-2,5-7H,3-4H2,(H,17,18). The van der Waals surface area contributed by atoms with Gasteiger partial charge in [0, 0.05) is 12.2 Å². The first kappa shape index (κ1) is 12.4. The first-order chi connectivity index (χ1) is 9.09. The summed E-state index contributed by atoms with van der Waals surface area (Å²) in [5.74, 6) is -1.58. The van der Waals surface area contributed by atoms with Crippen molar-refractivity contribution in [1.29, 1.82) is 0 Å². The van der Waals surface area contributed by atoms with Gasteiger partial charge in [-0.3, -0.25) is 9.59 Å². The first-order valence-corrected chi connectivity index (χ1v) is 7.05. The molecule has 0 saturated carbocycles. The molecule has 4 nitrogen and oxygen atoms in total. The average molecular weight is 296 g/mol. The van der Waals surface area contributed by atoms with Crippen LogP contribution < -0.4 is 0 Å². The minimum atomic E-state index is -0.872. The predicted octanol–water partition coefficient (Wildman–Crippen LogP) is 3.01. The number of ketones is 1. The number of carboxylic acid groups (broad SMARTS) is 1. The molecule has 0 radical (unpaired) electrons. The summed E-state index contributed by atoms with van der Waals surface area (Å²) in [7, 11) is 0. The maximum Gasteiger partial charge on any atom is 0.312 e. The minimum absolute atomic E-state index is 0.141. The maximum atomic E-state index is 12.4. The Bertz CT molecular complexity index is 660. The Balaban J connectivity index is 2.07. The van der Waals surface area contributed by atoms with Crippen LogP contribution in [0.4, 0.5) is 0 Å². The van der Waals surface area contributed by atoms with Gasteiger partial charge in [-0.05, 0) is 23.9 Å². The second-order valence-electron chi connectivity index (χ2n) is 4.40. The highest BCUT2D eigenvalue weighted by molar-refractivity contribution is 7.12. The van der Waals surface area contributed by atoms with Crippen LogP contribution in [0.1, 0.15) is 33.4 Å². The third-order valence-electron chi connectivity index (χ3n) is 3.34. The molecule has 6 heteroatoms. The summed E-state index contributed by atoms with van der Waals surface area (Å²) in [6.07, 6.45) is 0.507. The maximum absolute atomic E-state index is 12.4. The van der Waals surface area contributed by atoms with Crippen LogP contribution in [0.5, 0.6) is 0 Å². The highest BCUT2D eigenvalue weighted by Gasteiger charge is 2.34. The second-order valence-corrected chi connectivity index (χ2v) is 5.76. The van der Waals surface area contributed by atoms with E-state index in [4.69, 9.17) is 16.7 Å². The Morgan fingerprint density at radius 2 is 2.26 bits per heavy atom. The van der Waals surface area contributed by atoms with Gasteiger partial charge in [0.05, 0.1) is 15.8 Å². The Labute approximate surface area is 118 Å². The molecule has 1 atom stereocenters. The Morgan fingerprint density at radius 3 is 2.89 bits per heavy atom. The summed E-state index contributed by atoms with van der Waals surface area (Å²) in [6, 6.07) is 5.15. The van der Waals surface area contributed by atoms with Gasteiger partial charge in [0.1, 0.15) is 5.69 Å². The van der Waals surface area contributed by atoms with Crippen LogP contribution in [0.25, 0.3) is 0 Å². The van der Waals surface area contributed by atoms with Crippen molar-refractivity contribution < 1.29 is 14.7 Å². The average Bonchev–Trinajstić information content (AvgIpc) is 3.01. The zero-order chi connectivity index (χ0) is 13.6. The Hall–Kier alpha value is -1.59. The van der Waals surface area contributed by atoms with Gasteiger partial charge in [-0.1, -0.05) is 17.7 Å². The molecule has 3 rings (SSSR count). The number of thiophene rings is 1. The number of aliphatic carboxylic acids is 1. The smallest absolute Gasteiger partial charge is 0.312 e. The first-order valence-electron chi connectivity index (χ1n) is 5.79. The van der Waals surface area contributed by atoms with Crippen LogP contribution >= 0.6 is 22.9 Å². The molecule has 0 aliphatic carbocycles. The van der Waals surface area contributed by atoms with Crippen molar-refractivity contribution >= 4 is 34.7 Å². The Kier molecular flexibility index (Phi) is 2.95. The van der Waals surface area contributed by atoms with Crippen LogP contribution in [0, 0.1) is 0 Å². The topological polar surface area (TPSA) is 59.3 Å². The molecule has 0 fully saturated rings. The fraction of sp³-hybridized carbons (Fsp3) is 0.231. The van der Waals surface area contributed by atoms with Crippen LogP contribution in [-0.4, -0.2) is 21.4 Å². The van der Waals surface area contributed by atoms with Gasteiger partial charge in [0.15, 0.2) is 0 Å². The largest absolute Gasteiger partial charge is 0.481 e. The van der Waals surface area contributed by atoms with Gasteiger partial charge in [0.2, 0.25) is 5.78 Å². The SMILES string of the molecule is O=C(c1cccs1)c1c(Cl)cc2n1CCC2C(=O)O. The van der Waals surface area contributed by atoms with E-state index in [1.807, 2.05) is 5.38 Å². The van der Waals surface area contributed by atoms with E-state index < -0.39 is 11.9 Å². The van der Waals surface area contributed by atoms with Gasteiger partial charge in [-0.2, -0.15) is 0 Å². The molecule has 0 saturated heterocycles. The van der Waals surface area contributed by atoms with E-state index in [2.05, 4.69) is 0 Å². The molecule has 1 aliphatic heterocycles. The molecule has 0 aromatic carbocycles. The van der Waals surface area contributed by atoms with Crippen molar-refractivity contribution in [3.63, 3.8) is 0 Å². The number of nitrogens with zero attached hydrogens (tertiary/aromatic N) is 1. The molecule has 19 heavy (non-hydrogen) atoms. The summed E-state index contributed by atoms with van der Waals surface area (Å²) in [4.78, 5) is 24.1. The van der Waals surface area contributed by atoms with Crippen LogP contribution in [-0.2, 0) is 11.3 Å². The molecule has 0 spiro atoms. The fourth-order valence-corrected chi connectivity index (χ4v) is 3.44. The third kappa shape index (κ3) is 1.89. The lowest BCUT2D eigenvalue weighted by molar-refractivity contribution is -0.138. The number of carbonyl (C=O) groups excluding carboxylic acids is 1. The highest BCUT2D eigenvalue weighted by Crippen LogP contribution is 2.36.